The van der Waals surface area contributed by atoms with Crippen molar-refractivity contribution in [1.29, 1.82) is 0 Å². The third kappa shape index (κ3) is 5.70. The molecule has 0 saturated heterocycles. The van der Waals surface area contributed by atoms with Crippen molar-refractivity contribution in [2.45, 2.75) is 0 Å². The van der Waals surface area contributed by atoms with Crippen LogP contribution in [0.25, 0.3) is 22.6 Å². The Morgan fingerprint density at radius 3 is 1.34 bits per heavy atom. The molecule has 0 radical (unpaired) electrons. The predicted molar refractivity (Wildman–Crippen MR) is 144 cm³/mol. The van der Waals surface area contributed by atoms with E-state index in [1.165, 1.54) is 0 Å². The van der Waals surface area contributed by atoms with E-state index in [0.29, 0.717) is 13.1 Å². The molecule has 7 nitrogen and oxygen atoms in total. The van der Waals surface area contributed by atoms with Gasteiger partial charge in [0.2, 0.25) is 0 Å². The number of halogens is 2. The van der Waals surface area contributed by atoms with Crippen LogP contribution in [-0.2, 0) is 0 Å². The van der Waals surface area contributed by atoms with Gasteiger partial charge in [0, 0.05) is 48.4 Å². The zero-order chi connectivity index (χ0) is 22.6. The summed E-state index contributed by atoms with van der Waals surface area (Å²) < 4.78 is 6.16. The molecule has 2 aromatic carbocycles. The van der Waals surface area contributed by atoms with Crippen molar-refractivity contribution in [1.82, 2.24) is 9.80 Å². The monoisotopic (exact) mass is 516 g/mol. The molecule has 0 amide bonds. The fraction of sp³-hybridized carbons (Fsp3) is 0.308. The largest absolute Gasteiger partial charge is 0.456 e. The van der Waals surface area contributed by atoms with E-state index in [-0.39, 0.29) is 38.0 Å². The molecule has 186 valence electrons. The molecule has 3 heterocycles. The van der Waals surface area contributed by atoms with Gasteiger partial charge < -0.3 is 24.4 Å². The maximum absolute atomic E-state index is 9.26. The van der Waals surface area contributed by atoms with E-state index in [1.54, 1.807) is 0 Å². The van der Waals surface area contributed by atoms with Gasteiger partial charge in [-0.3, -0.25) is 9.98 Å². The first-order valence-electron chi connectivity index (χ1n) is 11.4. The van der Waals surface area contributed by atoms with Crippen LogP contribution in [0.2, 0.25) is 0 Å². The number of nitrogens with zero attached hydrogens (tertiary/aromatic N) is 4. The van der Waals surface area contributed by atoms with Crippen LogP contribution in [0.5, 0.6) is 0 Å². The van der Waals surface area contributed by atoms with E-state index >= 15 is 0 Å². The third-order valence-corrected chi connectivity index (χ3v) is 6.06. The van der Waals surface area contributed by atoms with Gasteiger partial charge in [0.25, 0.3) is 0 Å². The average Bonchev–Trinajstić information content (AvgIpc) is 3.61. The van der Waals surface area contributed by atoms with Crippen molar-refractivity contribution in [3.63, 3.8) is 0 Å². The number of hydrogen-bond donors (Lipinski definition) is 2. The molecule has 9 heteroatoms. The van der Waals surface area contributed by atoms with Gasteiger partial charge in [-0.2, -0.15) is 0 Å². The summed E-state index contributed by atoms with van der Waals surface area (Å²) in [7, 11) is 0. The Morgan fingerprint density at radius 2 is 0.971 bits per heavy atom. The first-order valence-corrected chi connectivity index (χ1v) is 11.4. The lowest BCUT2D eigenvalue weighted by atomic mass is 10.1. The Kier molecular flexibility index (Phi) is 9.34. The molecule has 0 bridgehead atoms. The van der Waals surface area contributed by atoms with Crippen molar-refractivity contribution in [3.8, 4) is 22.6 Å². The molecule has 35 heavy (non-hydrogen) atoms. The summed E-state index contributed by atoms with van der Waals surface area (Å²) in [5, 5.41) is 18.5. The van der Waals surface area contributed by atoms with E-state index in [0.717, 1.165) is 71.6 Å². The zero-order valence-electron chi connectivity index (χ0n) is 19.3. The number of benzene rings is 2. The molecule has 0 saturated carbocycles. The lowest BCUT2D eigenvalue weighted by molar-refractivity contribution is 0.256. The summed E-state index contributed by atoms with van der Waals surface area (Å²) in [6.45, 7) is 4.70. The second-order valence-electron chi connectivity index (χ2n) is 8.15. The van der Waals surface area contributed by atoms with Crippen molar-refractivity contribution >= 4 is 36.5 Å². The smallest absolute Gasteiger partial charge is 0.134 e. The minimum Gasteiger partial charge on any atom is -0.456 e. The molecule has 0 fully saturated rings. The van der Waals surface area contributed by atoms with E-state index in [2.05, 4.69) is 44.1 Å². The van der Waals surface area contributed by atoms with Crippen LogP contribution in [-0.4, -0.2) is 84.2 Å². The minimum absolute atomic E-state index is 0. The molecule has 2 aliphatic heterocycles. The molecule has 0 unspecified atom stereocenters. The Bertz CT molecular complexity index is 1070. The number of aliphatic imine (C=N–C) groups is 2. The molecule has 2 N–H and O–H groups in total. The van der Waals surface area contributed by atoms with Gasteiger partial charge in [-0.1, -0.05) is 48.5 Å². The van der Waals surface area contributed by atoms with E-state index in [4.69, 9.17) is 4.42 Å². The molecule has 0 aliphatic carbocycles. The molecular weight excluding hydrogens is 487 g/mol. The van der Waals surface area contributed by atoms with Gasteiger partial charge in [-0.15, -0.1) is 24.8 Å². The highest BCUT2D eigenvalue weighted by atomic mass is 35.5. The average molecular weight is 517 g/mol. The first-order chi connectivity index (χ1) is 16.3. The van der Waals surface area contributed by atoms with Gasteiger partial charge >= 0.3 is 0 Å². The third-order valence-electron chi connectivity index (χ3n) is 6.06. The summed E-state index contributed by atoms with van der Waals surface area (Å²) in [4.78, 5) is 13.4. The maximum atomic E-state index is 9.26. The van der Waals surface area contributed by atoms with Crippen molar-refractivity contribution < 1.29 is 14.6 Å². The predicted octanol–water partition coefficient (Wildman–Crippen LogP) is 3.57. The number of β-amino-alcohol motifs (C(OH)–C–C–N with tert-alkyl or cyclic N) is 2. The summed E-state index contributed by atoms with van der Waals surface area (Å²) >= 11 is 0. The standard InChI is InChI=1S/C26H28N4O3.2ClH/c31-17-15-29-13-11-27-25(29)21-5-1-19(2-6-21)23-9-10-24(33-23)20-3-7-22(8-4-20)26-28-12-14-30(26)16-18-32;;/h1-10,31-32H,11-18H2;2*1H. The Morgan fingerprint density at radius 1 is 0.600 bits per heavy atom. The number of aliphatic hydroxyl groups is 2. The van der Waals surface area contributed by atoms with E-state index in [9.17, 15) is 10.2 Å². The lowest BCUT2D eigenvalue weighted by Crippen LogP contribution is -2.31. The highest BCUT2D eigenvalue weighted by molar-refractivity contribution is 6.00. The lowest BCUT2D eigenvalue weighted by Gasteiger charge is -2.19. The zero-order valence-corrected chi connectivity index (χ0v) is 21.0. The minimum atomic E-state index is 0. The fourth-order valence-electron chi connectivity index (χ4n) is 4.40. The number of amidine groups is 2. The van der Waals surface area contributed by atoms with Gasteiger partial charge in [0.15, 0.2) is 0 Å². The molecule has 5 rings (SSSR count). The van der Waals surface area contributed by atoms with Crippen LogP contribution in [0.15, 0.2) is 75.1 Å². The summed E-state index contributed by atoms with van der Waals surface area (Å²) in [5.41, 5.74) is 4.12. The highest BCUT2D eigenvalue weighted by Gasteiger charge is 2.19. The molecular formula is C26H30Cl2N4O3. The normalized spacial score (nSPS) is 14.9. The second kappa shape index (κ2) is 12.2. The Balaban J connectivity index is 0.00000171. The van der Waals surface area contributed by atoms with Gasteiger partial charge in [-0.25, -0.2) is 0 Å². The Labute approximate surface area is 217 Å². The van der Waals surface area contributed by atoms with Crippen LogP contribution in [0.1, 0.15) is 11.1 Å². The summed E-state index contributed by atoms with van der Waals surface area (Å²) in [6, 6.07) is 20.4. The molecule has 1 aromatic heterocycles. The fourth-order valence-corrected chi connectivity index (χ4v) is 4.40. The van der Waals surface area contributed by atoms with Crippen LogP contribution >= 0.6 is 24.8 Å². The topological polar surface area (TPSA) is 84.8 Å². The van der Waals surface area contributed by atoms with Crippen LogP contribution < -0.4 is 0 Å². The van der Waals surface area contributed by atoms with Gasteiger partial charge in [0.05, 0.1) is 26.3 Å². The molecule has 2 aliphatic rings. The SMILES string of the molecule is Cl.Cl.OCCN1CCN=C1c1ccc(-c2ccc(-c3ccc(C4=NCCN4CCO)cc3)o2)cc1. The molecule has 3 aromatic rings. The number of rotatable bonds is 8. The first kappa shape index (κ1) is 26.8. The second-order valence-corrected chi connectivity index (χ2v) is 8.15. The van der Waals surface area contributed by atoms with Crippen LogP contribution in [0, 0.1) is 0 Å². The van der Waals surface area contributed by atoms with Crippen molar-refractivity contribution in [2.75, 3.05) is 52.5 Å². The Hall–Kier alpha value is -2.84. The number of aliphatic hydroxyl groups excluding tert-OH is 2. The van der Waals surface area contributed by atoms with Crippen molar-refractivity contribution in [2.24, 2.45) is 9.98 Å². The van der Waals surface area contributed by atoms with E-state index < -0.39 is 0 Å². The summed E-state index contributed by atoms with van der Waals surface area (Å²) in [5.74, 6) is 3.52. The maximum Gasteiger partial charge on any atom is 0.134 e. The van der Waals surface area contributed by atoms with E-state index in [1.807, 2.05) is 36.4 Å². The summed E-state index contributed by atoms with van der Waals surface area (Å²) in [6.07, 6.45) is 0. The molecule has 0 spiro atoms. The van der Waals surface area contributed by atoms with Gasteiger partial charge in [0.1, 0.15) is 23.2 Å². The van der Waals surface area contributed by atoms with Crippen molar-refractivity contribution in [3.05, 3.63) is 71.8 Å². The highest BCUT2D eigenvalue weighted by Crippen LogP contribution is 2.29. The van der Waals surface area contributed by atoms with Crippen LogP contribution in [0.3, 0.4) is 0 Å². The quantitative estimate of drug-likeness (QED) is 0.478. The number of hydrogen-bond acceptors (Lipinski definition) is 7. The molecule has 0 atom stereocenters. The number of furan rings is 1. The van der Waals surface area contributed by atoms with Gasteiger partial charge in [-0.05, 0) is 12.1 Å². The van der Waals surface area contributed by atoms with Crippen LogP contribution in [0.4, 0.5) is 0 Å².